The van der Waals surface area contributed by atoms with Crippen LogP contribution in [0, 0.1) is 6.92 Å². The van der Waals surface area contributed by atoms with E-state index >= 15 is 0 Å². The molecule has 4 heteroatoms. The summed E-state index contributed by atoms with van der Waals surface area (Å²) in [7, 11) is 0. The van der Waals surface area contributed by atoms with Crippen molar-refractivity contribution >= 4 is 11.8 Å². The molecule has 1 fully saturated rings. The zero-order valence-corrected chi connectivity index (χ0v) is 10.7. The molecule has 0 aliphatic carbocycles. The van der Waals surface area contributed by atoms with E-state index in [1.54, 1.807) is 6.26 Å². The first-order chi connectivity index (χ1) is 7.86. The molecule has 90 valence electrons. The average Bonchev–Trinajstić information content (AvgIpc) is 2.72. The summed E-state index contributed by atoms with van der Waals surface area (Å²) in [4.78, 5) is 2.53. The topological polar surface area (TPSA) is 28.4 Å². The number of rotatable bonds is 5. The Kier molecular flexibility index (Phi) is 4.75. The molecule has 3 nitrogen and oxygen atoms in total. The number of nitrogens with zero attached hydrogens (tertiary/aromatic N) is 1. The highest BCUT2D eigenvalue weighted by Crippen LogP contribution is 2.09. The molecule has 0 spiro atoms. The van der Waals surface area contributed by atoms with Gasteiger partial charge in [-0.2, -0.15) is 11.8 Å². The quantitative estimate of drug-likeness (QED) is 0.793. The van der Waals surface area contributed by atoms with Gasteiger partial charge in [-0.05, 0) is 18.6 Å². The Balaban J connectivity index is 1.59. The van der Waals surface area contributed by atoms with Gasteiger partial charge in [0.15, 0.2) is 0 Å². The molecule has 1 aliphatic heterocycles. The molecule has 16 heavy (non-hydrogen) atoms. The lowest BCUT2D eigenvalue weighted by atomic mass is 10.3. The zero-order valence-electron chi connectivity index (χ0n) is 9.87. The molecule has 1 aliphatic rings. The van der Waals surface area contributed by atoms with Gasteiger partial charge in [-0.3, -0.25) is 0 Å². The van der Waals surface area contributed by atoms with Crippen LogP contribution in [0.4, 0.5) is 0 Å². The van der Waals surface area contributed by atoms with Crippen molar-refractivity contribution in [3.8, 4) is 0 Å². The summed E-state index contributed by atoms with van der Waals surface area (Å²) >= 11 is 2.06. The molecule has 2 rings (SSSR count). The third-order valence-electron chi connectivity index (χ3n) is 2.96. The number of thioether (sulfide) groups is 1. The van der Waals surface area contributed by atoms with E-state index in [0.717, 1.165) is 25.4 Å². The van der Waals surface area contributed by atoms with E-state index in [9.17, 15) is 0 Å². The highest BCUT2D eigenvalue weighted by molar-refractivity contribution is 7.99. The van der Waals surface area contributed by atoms with Crippen molar-refractivity contribution in [1.82, 2.24) is 10.2 Å². The minimum absolute atomic E-state index is 0.849. The van der Waals surface area contributed by atoms with E-state index in [1.165, 1.54) is 30.2 Å². The van der Waals surface area contributed by atoms with Crippen LogP contribution in [0.1, 0.15) is 11.3 Å². The molecule has 0 radical (unpaired) electrons. The molecule has 1 saturated heterocycles. The smallest absolute Gasteiger partial charge is 0.120 e. The van der Waals surface area contributed by atoms with Crippen molar-refractivity contribution < 1.29 is 4.42 Å². The first-order valence-corrected chi connectivity index (χ1v) is 7.05. The number of nitrogens with one attached hydrogen (secondary N) is 1. The molecule has 0 saturated carbocycles. The van der Waals surface area contributed by atoms with E-state index in [2.05, 4.69) is 28.9 Å². The van der Waals surface area contributed by atoms with E-state index in [1.807, 2.05) is 6.07 Å². The molecular weight excluding hydrogens is 220 g/mol. The van der Waals surface area contributed by atoms with Crippen molar-refractivity contribution in [2.24, 2.45) is 0 Å². The van der Waals surface area contributed by atoms with Crippen LogP contribution < -0.4 is 5.32 Å². The summed E-state index contributed by atoms with van der Waals surface area (Å²) in [6, 6.07) is 2.01. The maximum absolute atomic E-state index is 5.38. The van der Waals surface area contributed by atoms with Gasteiger partial charge in [0.05, 0.1) is 12.8 Å². The number of aryl methyl sites for hydroxylation is 1. The summed E-state index contributed by atoms with van der Waals surface area (Å²) in [5, 5.41) is 3.43. The van der Waals surface area contributed by atoms with E-state index < -0.39 is 0 Å². The summed E-state index contributed by atoms with van der Waals surface area (Å²) in [5.41, 5.74) is 1.24. The van der Waals surface area contributed by atoms with Gasteiger partial charge in [0, 0.05) is 37.7 Å². The monoisotopic (exact) mass is 240 g/mol. The van der Waals surface area contributed by atoms with E-state index in [4.69, 9.17) is 4.42 Å². The predicted octanol–water partition coefficient (Wildman–Crippen LogP) is 1.73. The summed E-state index contributed by atoms with van der Waals surface area (Å²) < 4.78 is 5.38. The maximum atomic E-state index is 5.38. The Labute approximate surface area is 102 Å². The van der Waals surface area contributed by atoms with Gasteiger partial charge in [-0.15, -0.1) is 0 Å². The normalized spacial score (nSPS) is 17.8. The third-order valence-corrected chi connectivity index (χ3v) is 3.90. The number of hydrogen-bond acceptors (Lipinski definition) is 4. The lowest BCUT2D eigenvalue weighted by Crippen LogP contribution is -2.37. The predicted molar refractivity (Wildman–Crippen MR) is 68.9 cm³/mol. The summed E-state index contributed by atoms with van der Waals surface area (Å²) in [6.45, 7) is 7.62. The van der Waals surface area contributed by atoms with Gasteiger partial charge in [-0.25, -0.2) is 0 Å². The van der Waals surface area contributed by atoms with Gasteiger partial charge in [-0.1, -0.05) is 0 Å². The first-order valence-electron chi connectivity index (χ1n) is 5.90. The van der Waals surface area contributed by atoms with Crippen molar-refractivity contribution in [2.45, 2.75) is 13.5 Å². The molecule has 0 unspecified atom stereocenters. The van der Waals surface area contributed by atoms with Gasteiger partial charge >= 0.3 is 0 Å². The minimum Gasteiger partial charge on any atom is -0.468 e. The van der Waals surface area contributed by atoms with Crippen molar-refractivity contribution in [2.75, 3.05) is 37.7 Å². The Morgan fingerprint density at radius 3 is 2.94 bits per heavy atom. The zero-order chi connectivity index (χ0) is 11.2. The summed E-state index contributed by atoms with van der Waals surface area (Å²) in [6.07, 6.45) is 1.76. The van der Waals surface area contributed by atoms with E-state index in [0.29, 0.717) is 0 Å². The first kappa shape index (κ1) is 12.0. The SMILES string of the molecule is Cc1ccoc1CNCCN1CCSCC1. The van der Waals surface area contributed by atoms with Crippen molar-refractivity contribution in [1.29, 1.82) is 0 Å². The van der Waals surface area contributed by atoms with Gasteiger partial charge < -0.3 is 14.6 Å². The third kappa shape index (κ3) is 3.54. The lowest BCUT2D eigenvalue weighted by molar-refractivity contribution is 0.299. The maximum Gasteiger partial charge on any atom is 0.120 e. The largest absolute Gasteiger partial charge is 0.468 e. The molecule has 0 bridgehead atoms. The minimum atomic E-state index is 0.849. The second-order valence-corrected chi connectivity index (χ2v) is 5.38. The fourth-order valence-electron chi connectivity index (χ4n) is 1.85. The standard InChI is InChI=1S/C12H20N2OS/c1-11-2-7-15-12(11)10-13-3-4-14-5-8-16-9-6-14/h2,7,13H,3-6,8-10H2,1H3. The molecule has 1 N–H and O–H groups in total. The molecule has 0 amide bonds. The number of furan rings is 1. The lowest BCUT2D eigenvalue weighted by Gasteiger charge is -2.25. The van der Waals surface area contributed by atoms with Crippen molar-refractivity contribution in [3.05, 3.63) is 23.7 Å². The molecule has 0 aromatic carbocycles. The fraction of sp³-hybridized carbons (Fsp3) is 0.667. The molecule has 1 aromatic heterocycles. The summed E-state index contributed by atoms with van der Waals surface area (Å²) in [5.74, 6) is 3.64. The Morgan fingerprint density at radius 1 is 1.44 bits per heavy atom. The fourth-order valence-corrected chi connectivity index (χ4v) is 2.83. The molecule has 0 atom stereocenters. The Morgan fingerprint density at radius 2 is 2.25 bits per heavy atom. The Hall–Kier alpha value is -0.450. The van der Waals surface area contributed by atoms with Crippen molar-refractivity contribution in [3.63, 3.8) is 0 Å². The average molecular weight is 240 g/mol. The van der Waals surface area contributed by atoms with Crippen LogP contribution in [-0.2, 0) is 6.54 Å². The van der Waals surface area contributed by atoms with Crippen LogP contribution in [0.5, 0.6) is 0 Å². The van der Waals surface area contributed by atoms with Gasteiger partial charge in [0.1, 0.15) is 5.76 Å². The van der Waals surface area contributed by atoms with Crippen LogP contribution in [0.15, 0.2) is 16.7 Å². The molecule has 2 heterocycles. The van der Waals surface area contributed by atoms with Crippen LogP contribution in [0.2, 0.25) is 0 Å². The van der Waals surface area contributed by atoms with E-state index in [-0.39, 0.29) is 0 Å². The second kappa shape index (κ2) is 6.33. The van der Waals surface area contributed by atoms with Crippen LogP contribution in [0.3, 0.4) is 0 Å². The Bertz CT molecular complexity index is 308. The van der Waals surface area contributed by atoms with Gasteiger partial charge in [0.25, 0.3) is 0 Å². The molecule has 1 aromatic rings. The van der Waals surface area contributed by atoms with Crippen LogP contribution in [0.25, 0.3) is 0 Å². The highest BCUT2D eigenvalue weighted by atomic mass is 32.2. The highest BCUT2D eigenvalue weighted by Gasteiger charge is 2.09. The van der Waals surface area contributed by atoms with Crippen LogP contribution >= 0.6 is 11.8 Å². The molecular formula is C12H20N2OS. The van der Waals surface area contributed by atoms with Gasteiger partial charge in [0.2, 0.25) is 0 Å². The number of hydrogen-bond donors (Lipinski definition) is 1. The second-order valence-electron chi connectivity index (χ2n) is 4.16. The van der Waals surface area contributed by atoms with Crippen LogP contribution in [-0.4, -0.2) is 42.6 Å².